The molecule has 1 N–H and O–H groups in total. The zero-order valence-corrected chi connectivity index (χ0v) is 12.3. The first-order chi connectivity index (χ1) is 10.0. The van der Waals surface area contributed by atoms with Gasteiger partial charge in [-0.2, -0.15) is 0 Å². The molecule has 0 aliphatic rings. The molecule has 1 aromatic carbocycles. The van der Waals surface area contributed by atoms with Crippen molar-refractivity contribution in [3.63, 3.8) is 0 Å². The number of rotatable bonds is 5. The molecule has 0 aliphatic carbocycles. The summed E-state index contributed by atoms with van der Waals surface area (Å²) in [6.45, 7) is 0. The predicted octanol–water partition coefficient (Wildman–Crippen LogP) is 4.16. The van der Waals surface area contributed by atoms with Crippen molar-refractivity contribution in [3.05, 3.63) is 80.3 Å². The van der Waals surface area contributed by atoms with Crippen LogP contribution in [0.2, 0.25) is 10.2 Å². The van der Waals surface area contributed by atoms with Gasteiger partial charge in [-0.1, -0.05) is 35.3 Å². The second kappa shape index (κ2) is 7.06. The van der Waals surface area contributed by atoms with E-state index in [9.17, 15) is 10.1 Å². The average Bonchev–Trinajstić information content (AvgIpc) is 2.40. The molecule has 2 aromatic rings. The summed E-state index contributed by atoms with van der Waals surface area (Å²) >= 11 is 11.6. The van der Waals surface area contributed by atoms with Crippen molar-refractivity contribution in [1.82, 2.24) is 4.98 Å². The number of nitrogens with zero attached hydrogens (tertiary/aromatic N) is 2. The molecule has 1 heterocycles. The average molecular weight is 324 g/mol. The molecule has 1 aromatic heterocycles. The maximum Gasteiger partial charge on any atom is 0.253 e. The third-order valence-corrected chi connectivity index (χ3v) is 3.03. The minimum Gasteiger partial charge on any atom is -0.354 e. The Hall–Kier alpha value is -2.11. The van der Waals surface area contributed by atoms with Gasteiger partial charge in [0.25, 0.3) is 6.20 Å². The molecule has 0 amide bonds. The van der Waals surface area contributed by atoms with Gasteiger partial charge < -0.3 is 5.32 Å². The van der Waals surface area contributed by atoms with Crippen LogP contribution in [0.25, 0.3) is 0 Å². The van der Waals surface area contributed by atoms with E-state index in [1.807, 2.05) is 0 Å². The first-order valence-corrected chi connectivity index (χ1v) is 6.76. The number of benzene rings is 1. The Morgan fingerprint density at radius 1 is 1.33 bits per heavy atom. The lowest BCUT2D eigenvalue weighted by atomic mass is 10.1. The Morgan fingerprint density at radius 3 is 2.76 bits per heavy atom. The molecule has 0 saturated carbocycles. The monoisotopic (exact) mass is 323 g/mol. The fourth-order valence-corrected chi connectivity index (χ4v) is 2.03. The normalized spacial score (nSPS) is 11.2. The fraction of sp³-hybridized carbons (Fsp3) is 0.0714. The molecule has 21 heavy (non-hydrogen) atoms. The highest BCUT2D eigenvalue weighted by molar-refractivity contribution is 6.30. The molecule has 0 saturated heterocycles. The lowest BCUT2D eigenvalue weighted by Gasteiger charge is -2.09. The van der Waals surface area contributed by atoms with Crippen LogP contribution in [0.1, 0.15) is 5.56 Å². The summed E-state index contributed by atoms with van der Waals surface area (Å²) in [6, 6.07) is 10.4. The molecule has 7 heteroatoms. The standard InChI is InChI=1S/C14H11Cl2N3O2/c15-11-2-1-3-12(7-11)18-13(9-19(20)21)6-10-4-5-14(16)17-8-10/h1-5,7-9,18H,6H2/b13-9-. The molecule has 0 radical (unpaired) electrons. The van der Waals surface area contributed by atoms with Gasteiger partial charge in [0.1, 0.15) is 5.15 Å². The summed E-state index contributed by atoms with van der Waals surface area (Å²) in [7, 11) is 0. The summed E-state index contributed by atoms with van der Waals surface area (Å²) in [6.07, 6.45) is 2.84. The van der Waals surface area contributed by atoms with E-state index < -0.39 is 4.92 Å². The van der Waals surface area contributed by atoms with Crippen molar-refractivity contribution in [3.8, 4) is 0 Å². The quantitative estimate of drug-likeness (QED) is 0.509. The number of nitro groups is 1. The fourth-order valence-electron chi connectivity index (χ4n) is 1.73. The van der Waals surface area contributed by atoms with Gasteiger partial charge in [-0.25, -0.2) is 4.98 Å². The van der Waals surface area contributed by atoms with Gasteiger partial charge in [0, 0.05) is 23.3 Å². The Labute approximate surface area is 131 Å². The van der Waals surface area contributed by atoms with Crippen LogP contribution in [0, 0.1) is 10.1 Å². The van der Waals surface area contributed by atoms with E-state index in [4.69, 9.17) is 23.2 Å². The van der Waals surface area contributed by atoms with Crippen molar-refractivity contribution in [1.29, 1.82) is 0 Å². The molecule has 0 unspecified atom stereocenters. The molecule has 0 bridgehead atoms. The lowest BCUT2D eigenvalue weighted by Crippen LogP contribution is -2.06. The zero-order valence-electron chi connectivity index (χ0n) is 10.8. The second-order valence-corrected chi connectivity index (χ2v) is 5.06. The number of aromatic nitrogens is 1. The number of nitrogens with one attached hydrogen (secondary N) is 1. The van der Waals surface area contributed by atoms with Crippen LogP contribution in [0.5, 0.6) is 0 Å². The molecule has 108 valence electrons. The van der Waals surface area contributed by atoms with E-state index in [0.717, 1.165) is 11.8 Å². The van der Waals surface area contributed by atoms with Gasteiger partial charge in [-0.05, 0) is 29.8 Å². The minimum absolute atomic E-state index is 0.331. The van der Waals surface area contributed by atoms with Gasteiger partial charge in [-0.15, -0.1) is 0 Å². The highest BCUT2D eigenvalue weighted by Gasteiger charge is 2.07. The SMILES string of the molecule is O=[N+]([O-])/C=C(/Cc1ccc(Cl)nc1)Nc1cccc(Cl)c1. The zero-order chi connectivity index (χ0) is 15.2. The highest BCUT2D eigenvalue weighted by atomic mass is 35.5. The maximum atomic E-state index is 10.7. The van der Waals surface area contributed by atoms with Gasteiger partial charge >= 0.3 is 0 Å². The Kier molecular flexibility index (Phi) is 5.14. The first-order valence-electron chi connectivity index (χ1n) is 6.00. The third-order valence-electron chi connectivity index (χ3n) is 2.57. The van der Waals surface area contributed by atoms with Crippen LogP contribution in [0.15, 0.2) is 54.5 Å². The largest absolute Gasteiger partial charge is 0.354 e. The van der Waals surface area contributed by atoms with Crippen LogP contribution >= 0.6 is 23.2 Å². The van der Waals surface area contributed by atoms with Crippen molar-refractivity contribution in [2.75, 3.05) is 5.32 Å². The molecular formula is C14H11Cl2N3O2. The number of halogens is 2. The van der Waals surface area contributed by atoms with E-state index in [2.05, 4.69) is 10.3 Å². The third kappa shape index (κ3) is 5.06. The Bertz CT molecular complexity index is 672. The minimum atomic E-state index is -0.504. The van der Waals surface area contributed by atoms with Crippen molar-refractivity contribution in [2.24, 2.45) is 0 Å². The maximum absolute atomic E-state index is 10.7. The number of allylic oxidation sites excluding steroid dienone is 1. The molecule has 5 nitrogen and oxygen atoms in total. The van der Waals surface area contributed by atoms with Gasteiger partial charge in [0.2, 0.25) is 0 Å². The van der Waals surface area contributed by atoms with Gasteiger partial charge in [0.05, 0.1) is 10.6 Å². The second-order valence-electron chi connectivity index (χ2n) is 4.24. The first kappa shape index (κ1) is 15.3. The summed E-state index contributed by atoms with van der Waals surface area (Å²) in [5.74, 6) is 0. The van der Waals surface area contributed by atoms with E-state index in [0.29, 0.717) is 28.0 Å². The summed E-state index contributed by atoms with van der Waals surface area (Å²) in [5, 5.41) is 14.7. The predicted molar refractivity (Wildman–Crippen MR) is 83.1 cm³/mol. The molecule has 2 rings (SSSR count). The van der Waals surface area contributed by atoms with Crippen molar-refractivity contribution < 1.29 is 4.92 Å². The highest BCUT2D eigenvalue weighted by Crippen LogP contribution is 2.18. The summed E-state index contributed by atoms with van der Waals surface area (Å²) < 4.78 is 0. The van der Waals surface area contributed by atoms with Crippen molar-refractivity contribution in [2.45, 2.75) is 6.42 Å². The van der Waals surface area contributed by atoms with Crippen molar-refractivity contribution >= 4 is 28.9 Å². The Morgan fingerprint density at radius 2 is 2.14 bits per heavy atom. The summed E-state index contributed by atoms with van der Waals surface area (Å²) in [4.78, 5) is 14.2. The number of hydrogen-bond acceptors (Lipinski definition) is 4. The van der Waals surface area contributed by atoms with Gasteiger partial charge in [-0.3, -0.25) is 10.1 Å². The Balaban J connectivity index is 2.19. The number of hydrogen-bond donors (Lipinski definition) is 1. The van der Waals surface area contributed by atoms with E-state index >= 15 is 0 Å². The smallest absolute Gasteiger partial charge is 0.253 e. The van der Waals surface area contributed by atoms with Crippen LogP contribution in [0.4, 0.5) is 5.69 Å². The van der Waals surface area contributed by atoms with Crippen LogP contribution in [-0.2, 0) is 6.42 Å². The molecule has 0 aliphatic heterocycles. The number of anilines is 1. The number of pyridine rings is 1. The lowest BCUT2D eigenvalue weighted by molar-refractivity contribution is -0.403. The van der Waals surface area contributed by atoms with Crippen LogP contribution in [0.3, 0.4) is 0 Å². The van der Waals surface area contributed by atoms with Crippen LogP contribution < -0.4 is 5.32 Å². The molecule has 0 atom stereocenters. The van der Waals surface area contributed by atoms with E-state index in [-0.39, 0.29) is 0 Å². The topological polar surface area (TPSA) is 68.1 Å². The van der Waals surface area contributed by atoms with E-state index in [1.165, 1.54) is 0 Å². The van der Waals surface area contributed by atoms with E-state index in [1.54, 1.807) is 42.6 Å². The molecular weight excluding hydrogens is 313 g/mol. The molecule has 0 spiro atoms. The van der Waals surface area contributed by atoms with Gasteiger partial charge in [0.15, 0.2) is 0 Å². The molecule has 0 fully saturated rings. The summed E-state index contributed by atoms with van der Waals surface area (Å²) in [5.41, 5.74) is 1.91. The van der Waals surface area contributed by atoms with Crippen LogP contribution in [-0.4, -0.2) is 9.91 Å².